The van der Waals surface area contributed by atoms with Crippen molar-refractivity contribution in [3.63, 3.8) is 0 Å². The van der Waals surface area contributed by atoms with E-state index in [2.05, 4.69) is 21.2 Å². The minimum absolute atomic E-state index is 0.150. The van der Waals surface area contributed by atoms with Gasteiger partial charge in [0.15, 0.2) is 10.9 Å². The topological polar surface area (TPSA) is 67.9 Å². The minimum Gasteiger partial charge on any atom is -0.495 e. The molecule has 6 nitrogen and oxygen atoms in total. The van der Waals surface area contributed by atoms with Crippen LogP contribution in [0.2, 0.25) is 0 Å². The number of thioether (sulfide) groups is 1. The molecule has 1 N–H and O–H groups in total. The largest absolute Gasteiger partial charge is 0.495 e. The Kier molecular flexibility index (Phi) is 7.66. The van der Waals surface area contributed by atoms with Crippen LogP contribution in [0.1, 0.15) is 5.56 Å². The van der Waals surface area contributed by atoms with Gasteiger partial charge in [-0.3, -0.25) is 14.5 Å². The standard InChI is InChI=1S/C25H19BrN2O4S2/c1-31-21-5-3-2-4-20(21)27-23(29)15-32-19-12-6-16(7-13-19)14-22-24(30)28(25(33)34-22)18-10-8-17(26)9-11-18/h2-14H,15H2,1H3,(H,27,29)/b22-14+. The third kappa shape index (κ3) is 5.67. The number of carbonyl (C=O) groups excluding carboxylic acids is 2. The van der Waals surface area contributed by atoms with Crippen LogP contribution < -0.4 is 19.7 Å². The second kappa shape index (κ2) is 10.9. The highest BCUT2D eigenvalue weighted by molar-refractivity contribution is 9.10. The predicted octanol–water partition coefficient (Wildman–Crippen LogP) is 5.88. The molecule has 0 saturated carbocycles. The molecule has 0 spiro atoms. The van der Waals surface area contributed by atoms with E-state index in [4.69, 9.17) is 21.7 Å². The first kappa shape index (κ1) is 24.0. The Bertz CT molecular complexity index is 1260. The van der Waals surface area contributed by atoms with Crippen molar-refractivity contribution < 1.29 is 19.1 Å². The van der Waals surface area contributed by atoms with Crippen LogP contribution in [-0.4, -0.2) is 29.9 Å². The first-order valence-electron chi connectivity index (χ1n) is 10.1. The van der Waals surface area contributed by atoms with Gasteiger partial charge in [0.1, 0.15) is 11.5 Å². The zero-order valence-electron chi connectivity index (χ0n) is 18.0. The summed E-state index contributed by atoms with van der Waals surface area (Å²) < 4.78 is 12.2. The molecule has 1 fully saturated rings. The third-order valence-corrected chi connectivity index (χ3v) is 6.64. The van der Waals surface area contributed by atoms with Gasteiger partial charge in [-0.05, 0) is 60.2 Å². The Morgan fingerprint density at radius 2 is 1.79 bits per heavy atom. The highest BCUT2D eigenvalue weighted by Gasteiger charge is 2.33. The second-order valence-corrected chi connectivity index (χ2v) is 9.69. The smallest absolute Gasteiger partial charge is 0.270 e. The average Bonchev–Trinajstić information content (AvgIpc) is 3.12. The van der Waals surface area contributed by atoms with E-state index in [1.165, 1.54) is 16.7 Å². The maximum absolute atomic E-state index is 12.9. The van der Waals surface area contributed by atoms with Crippen molar-refractivity contribution in [2.45, 2.75) is 0 Å². The number of amides is 2. The summed E-state index contributed by atoms with van der Waals surface area (Å²) in [6, 6.07) is 21.7. The molecule has 0 aromatic heterocycles. The summed E-state index contributed by atoms with van der Waals surface area (Å²) in [4.78, 5) is 27.2. The highest BCUT2D eigenvalue weighted by Crippen LogP contribution is 2.36. The van der Waals surface area contributed by atoms with Gasteiger partial charge in [0.05, 0.1) is 23.4 Å². The Morgan fingerprint density at radius 1 is 1.09 bits per heavy atom. The quantitative estimate of drug-likeness (QED) is 0.290. The van der Waals surface area contributed by atoms with Crippen molar-refractivity contribution in [1.29, 1.82) is 0 Å². The lowest BCUT2D eigenvalue weighted by Crippen LogP contribution is -2.27. The van der Waals surface area contributed by atoms with Crippen molar-refractivity contribution in [2.24, 2.45) is 0 Å². The summed E-state index contributed by atoms with van der Waals surface area (Å²) >= 11 is 10.1. The monoisotopic (exact) mass is 554 g/mol. The minimum atomic E-state index is -0.301. The maximum Gasteiger partial charge on any atom is 0.270 e. The number of nitrogens with zero attached hydrogens (tertiary/aromatic N) is 1. The van der Waals surface area contributed by atoms with Crippen LogP contribution in [0.3, 0.4) is 0 Å². The van der Waals surface area contributed by atoms with Gasteiger partial charge in [-0.2, -0.15) is 0 Å². The summed E-state index contributed by atoms with van der Waals surface area (Å²) in [5, 5.41) is 2.76. The van der Waals surface area contributed by atoms with E-state index < -0.39 is 0 Å². The molecular formula is C25H19BrN2O4S2. The molecule has 3 aromatic carbocycles. The van der Waals surface area contributed by atoms with Gasteiger partial charge in [0, 0.05) is 4.47 Å². The number of ether oxygens (including phenoxy) is 2. The fraction of sp³-hybridized carbons (Fsp3) is 0.0800. The summed E-state index contributed by atoms with van der Waals surface area (Å²) in [7, 11) is 1.54. The van der Waals surface area contributed by atoms with E-state index >= 15 is 0 Å². The maximum atomic E-state index is 12.9. The van der Waals surface area contributed by atoms with Gasteiger partial charge in [-0.25, -0.2) is 0 Å². The fourth-order valence-corrected chi connectivity index (χ4v) is 4.74. The van der Waals surface area contributed by atoms with E-state index in [1.807, 2.05) is 48.5 Å². The molecule has 9 heteroatoms. The van der Waals surface area contributed by atoms with Gasteiger partial charge in [-0.15, -0.1) is 0 Å². The summed E-state index contributed by atoms with van der Waals surface area (Å²) in [6.07, 6.45) is 1.79. The number of hydrogen-bond donors (Lipinski definition) is 1. The SMILES string of the molecule is COc1ccccc1NC(=O)COc1ccc(/C=C2/SC(=S)N(c3ccc(Br)cc3)C2=O)cc1. The van der Waals surface area contributed by atoms with Crippen LogP contribution in [0.25, 0.3) is 6.08 Å². The van der Waals surface area contributed by atoms with Crippen LogP contribution in [0.15, 0.2) is 82.2 Å². The van der Waals surface area contributed by atoms with Crippen molar-refractivity contribution in [3.8, 4) is 11.5 Å². The average molecular weight is 555 g/mol. The number of anilines is 2. The molecule has 0 unspecified atom stereocenters. The first-order valence-corrected chi connectivity index (χ1v) is 12.2. The number of thiocarbonyl (C=S) groups is 1. The molecule has 172 valence electrons. The molecule has 34 heavy (non-hydrogen) atoms. The Hall–Kier alpha value is -3.14. The number of methoxy groups -OCH3 is 1. The Balaban J connectivity index is 1.37. The van der Waals surface area contributed by atoms with Gasteiger partial charge < -0.3 is 14.8 Å². The predicted molar refractivity (Wildman–Crippen MR) is 143 cm³/mol. The van der Waals surface area contributed by atoms with Gasteiger partial charge >= 0.3 is 0 Å². The molecule has 4 rings (SSSR count). The molecule has 0 bridgehead atoms. The van der Waals surface area contributed by atoms with Gasteiger partial charge in [0.25, 0.3) is 11.8 Å². The van der Waals surface area contributed by atoms with Crippen LogP contribution in [0.5, 0.6) is 11.5 Å². The van der Waals surface area contributed by atoms with Crippen LogP contribution >= 0.6 is 39.9 Å². The van der Waals surface area contributed by atoms with E-state index in [0.717, 1.165) is 15.7 Å². The van der Waals surface area contributed by atoms with E-state index in [0.29, 0.717) is 26.4 Å². The van der Waals surface area contributed by atoms with Crippen molar-refractivity contribution >= 4 is 73.5 Å². The Labute approximate surface area is 215 Å². The summed E-state index contributed by atoms with van der Waals surface area (Å²) in [6.45, 7) is -0.150. The fourth-order valence-electron chi connectivity index (χ4n) is 3.18. The number of para-hydroxylation sites is 2. The molecule has 1 heterocycles. The number of benzene rings is 3. The van der Waals surface area contributed by atoms with E-state index in [9.17, 15) is 9.59 Å². The zero-order chi connectivity index (χ0) is 24.1. The second-order valence-electron chi connectivity index (χ2n) is 7.10. The van der Waals surface area contributed by atoms with Crippen LogP contribution in [0, 0.1) is 0 Å². The molecule has 3 aromatic rings. The number of nitrogens with one attached hydrogen (secondary N) is 1. The summed E-state index contributed by atoms with van der Waals surface area (Å²) in [5.74, 6) is 0.649. The third-order valence-electron chi connectivity index (χ3n) is 4.81. The number of carbonyl (C=O) groups is 2. The number of hydrogen-bond acceptors (Lipinski definition) is 6. The molecule has 0 radical (unpaired) electrons. The van der Waals surface area contributed by atoms with Gasteiger partial charge in [-0.1, -0.05) is 64.2 Å². The number of rotatable bonds is 7. The van der Waals surface area contributed by atoms with Crippen molar-refractivity contribution in [1.82, 2.24) is 0 Å². The van der Waals surface area contributed by atoms with Crippen molar-refractivity contribution in [2.75, 3.05) is 23.9 Å². The molecule has 0 atom stereocenters. The van der Waals surface area contributed by atoms with Gasteiger partial charge in [0.2, 0.25) is 0 Å². The summed E-state index contributed by atoms with van der Waals surface area (Å²) in [5.41, 5.74) is 2.13. The first-order chi connectivity index (χ1) is 16.4. The van der Waals surface area contributed by atoms with E-state index in [1.54, 1.807) is 37.5 Å². The zero-order valence-corrected chi connectivity index (χ0v) is 21.2. The Morgan fingerprint density at radius 3 is 2.50 bits per heavy atom. The van der Waals surface area contributed by atoms with Crippen LogP contribution in [0.4, 0.5) is 11.4 Å². The highest BCUT2D eigenvalue weighted by atomic mass is 79.9. The number of halogens is 1. The van der Waals surface area contributed by atoms with E-state index in [-0.39, 0.29) is 18.4 Å². The lowest BCUT2D eigenvalue weighted by Gasteiger charge is -2.14. The molecule has 0 aliphatic carbocycles. The normalized spacial score (nSPS) is 14.4. The molecule has 1 saturated heterocycles. The lowest BCUT2D eigenvalue weighted by atomic mass is 10.2. The molecule has 1 aliphatic rings. The van der Waals surface area contributed by atoms with Crippen LogP contribution in [-0.2, 0) is 9.59 Å². The van der Waals surface area contributed by atoms with Crippen molar-refractivity contribution in [3.05, 3.63) is 87.7 Å². The lowest BCUT2D eigenvalue weighted by molar-refractivity contribution is -0.118. The molecule has 2 amide bonds. The molecule has 1 aliphatic heterocycles. The molecular weight excluding hydrogens is 536 g/mol.